The van der Waals surface area contributed by atoms with Gasteiger partial charge in [0.2, 0.25) is 5.95 Å². The van der Waals surface area contributed by atoms with Crippen LogP contribution in [0.2, 0.25) is 0 Å². The first-order chi connectivity index (χ1) is 15.6. The molecule has 0 aliphatic carbocycles. The Balaban J connectivity index is 0.000000654. The summed E-state index contributed by atoms with van der Waals surface area (Å²) in [7, 11) is 0. The molecular weight excluding hydrogens is 410 g/mol. The van der Waals surface area contributed by atoms with Crippen LogP contribution in [0.25, 0.3) is 11.3 Å². The van der Waals surface area contributed by atoms with E-state index in [1.54, 1.807) is 36.8 Å². The number of nitro groups is 1. The minimum Gasteiger partial charge on any atom is -0.396 e. The highest BCUT2D eigenvalue weighted by Crippen LogP contribution is 2.26. The van der Waals surface area contributed by atoms with Crippen molar-refractivity contribution in [3.8, 4) is 11.3 Å². The Bertz CT molecular complexity index is 997. The molecule has 9 heteroatoms. The van der Waals surface area contributed by atoms with E-state index in [1.807, 2.05) is 12.1 Å². The van der Waals surface area contributed by atoms with Crippen molar-refractivity contribution in [3.63, 3.8) is 0 Å². The van der Waals surface area contributed by atoms with Gasteiger partial charge < -0.3 is 15.2 Å². The molecule has 0 bridgehead atoms. The molecule has 9 nitrogen and oxygen atoms in total. The number of rotatable bonds is 10. The quantitative estimate of drug-likeness (QED) is 0.203. The Kier molecular flexibility index (Phi) is 10.4. The van der Waals surface area contributed by atoms with Crippen molar-refractivity contribution in [2.45, 2.75) is 26.4 Å². The zero-order valence-electron chi connectivity index (χ0n) is 18.0. The van der Waals surface area contributed by atoms with Crippen molar-refractivity contribution in [2.24, 2.45) is 0 Å². The predicted molar refractivity (Wildman–Crippen MR) is 123 cm³/mol. The smallest absolute Gasteiger partial charge is 0.271 e. The molecule has 0 amide bonds. The number of nitro benzene ring substituents is 1. The lowest BCUT2D eigenvalue weighted by molar-refractivity contribution is -0.384. The van der Waals surface area contributed by atoms with Gasteiger partial charge >= 0.3 is 0 Å². The molecule has 3 rings (SSSR count). The number of non-ortho nitro benzene ring substituents is 1. The molecule has 3 aromatic rings. The lowest BCUT2D eigenvalue weighted by Gasteiger charge is -2.11. The molecule has 0 radical (unpaired) electrons. The molecule has 0 saturated heterocycles. The number of aromatic nitrogens is 3. The number of unbranched alkanes of at least 4 members (excludes halogenated alkanes) is 1. The van der Waals surface area contributed by atoms with E-state index in [0.29, 0.717) is 30.5 Å². The number of nitrogens with one attached hydrogen (secondary N) is 1. The van der Waals surface area contributed by atoms with Gasteiger partial charge in [-0.15, -0.1) is 6.58 Å². The summed E-state index contributed by atoms with van der Waals surface area (Å²) in [5.41, 5.74) is 2.76. The highest BCUT2D eigenvalue weighted by Gasteiger charge is 2.13. The third kappa shape index (κ3) is 7.86. The Morgan fingerprint density at radius 3 is 2.75 bits per heavy atom. The van der Waals surface area contributed by atoms with Crippen molar-refractivity contribution in [1.29, 1.82) is 0 Å². The van der Waals surface area contributed by atoms with E-state index < -0.39 is 4.92 Å². The topological polar surface area (TPSA) is 123 Å². The van der Waals surface area contributed by atoms with E-state index in [2.05, 4.69) is 33.8 Å². The first-order valence-corrected chi connectivity index (χ1v) is 10.2. The number of aliphatic hydroxyl groups excluding tert-OH is 1. The van der Waals surface area contributed by atoms with Gasteiger partial charge in [0.25, 0.3) is 5.69 Å². The second-order valence-corrected chi connectivity index (χ2v) is 6.61. The van der Waals surface area contributed by atoms with E-state index in [0.717, 1.165) is 24.0 Å². The summed E-state index contributed by atoms with van der Waals surface area (Å²) in [6, 6.07) is 10.00. The Hall–Kier alpha value is -3.69. The number of hydrogen-bond acceptors (Lipinski definition) is 8. The van der Waals surface area contributed by atoms with Gasteiger partial charge in [-0.25, -0.2) is 9.97 Å². The summed E-state index contributed by atoms with van der Waals surface area (Å²) in [6.45, 7) is 6.65. The zero-order valence-corrected chi connectivity index (χ0v) is 18.0. The van der Waals surface area contributed by atoms with E-state index in [4.69, 9.17) is 9.84 Å². The molecule has 0 unspecified atom stereocenters. The number of hydrogen-bond donors (Lipinski definition) is 2. The molecule has 1 aromatic carbocycles. The van der Waals surface area contributed by atoms with Gasteiger partial charge in [-0.1, -0.05) is 19.4 Å². The SMILES string of the molecule is C=CCOCc1ccc([N+](=O)[O-])cc1Nc1nccc(-c2cccnc2)n1.CCCCO. The fraction of sp³-hybridized carbons (Fsp3) is 0.261. The van der Waals surface area contributed by atoms with Crippen molar-refractivity contribution in [3.05, 3.63) is 83.3 Å². The van der Waals surface area contributed by atoms with Gasteiger partial charge in [-0.05, 0) is 30.7 Å². The van der Waals surface area contributed by atoms with Gasteiger partial charge in [-0.2, -0.15) is 0 Å². The normalized spacial score (nSPS) is 10.1. The molecule has 0 fully saturated rings. The van der Waals surface area contributed by atoms with E-state index >= 15 is 0 Å². The fourth-order valence-corrected chi connectivity index (χ4v) is 2.54. The second-order valence-electron chi connectivity index (χ2n) is 6.61. The Morgan fingerprint density at radius 1 is 1.28 bits per heavy atom. The third-order valence-electron chi connectivity index (χ3n) is 4.17. The number of aliphatic hydroxyl groups is 1. The summed E-state index contributed by atoms with van der Waals surface area (Å²) in [5, 5.41) is 22.2. The van der Waals surface area contributed by atoms with Crippen LogP contribution >= 0.6 is 0 Å². The molecule has 0 aliphatic rings. The summed E-state index contributed by atoms with van der Waals surface area (Å²) in [5.74, 6) is 0.321. The summed E-state index contributed by atoms with van der Waals surface area (Å²) < 4.78 is 5.46. The molecule has 2 N–H and O–H groups in total. The van der Waals surface area contributed by atoms with Crippen LogP contribution in [0.1, 0.15) is 25.3 Å². The number of benzene rings is 1. The standard InChI is InChI=1S/C19H17N5O3.C4H10O/c1-2-10-27-13-15-5-6-16(24(25)26)11-18(15)23-19-21-9-7-17(22-19)14-4-3-8-20-12-14;1-2-3-4-5/h2-9,11-12H,1,10,13H2,(H,21,22,23);5H,2-4H2,1H3. The number of nitrogens with zero attached hydrogens (tertiary/aromatic N) is 4. The summed E-state index contributed by atoms with van der Waals surface area (Å²) in [6.07, 6.45) is 8.68. The van der Waals surface area contributed by atoms with E-state index in [9.17, 15) is 10.1 Å². The van der Waals surface area contributed by atoms with Gasteiger partial charge in [0.1, 0.15) is 0 Å². The second kappa shape index (κ2) is 13.6. The molecule has 168 valence electrons. The number of anilines is 2. The van der Waals surface area contributed by atoms with Crippen LogP contribution in [0, 0.1) is 10.1 Å². The molecule has 0 spiro atoms. The lowest BCUT2D eigenvalue weighted by atomic mass is 10.1. The Morgan fingerprint density at radius 2 is 2.12 bits per heavy atom. The average Bonchev–Trinajstić information content (AvgIpc) is 2.82. The first-order valence-electron chi connectivity index (χ1n) is 10.2. The van der Waals surface area contributed by atoms with Crippen molar-refractivity contribution in [2.75, 3.05) is 18.5 Å². The molecule has 2 heterocycles. The summed E-state index contributed by atoms with van der Waals surface area (Å²) in [4.78, 5) is 23.4. The molecule has 0 atom stereocenters. The monoisotopic (exact) mass is 437 g/mol. The maximum absolute atomic E-state index is 11.1. The fourth-order valence-electron chi connectivity index (χ4n) is 2.54. The van der Waals surface area contributed by atoms with Crippen molar-refractivity contribution in [1.82, 2.24) is 15.0 Å². The van der Waals surface area contributed by atoms with Gasteiger partial charge in [0.15, 0.2) is 0 Å². The van der Waals surface area contributed by atoms with Crippen LogP contribution in [-0.2, 0) is 11.3 Å². The maximum Gasteiger partial charge on any atom is 0.271 e. The first kappa shape index (κ1) is 24.6. The Labute approximate surface area is 187 Å². The molecule has 32 heavy (non-hydrogen) atoms. The largest absolute Gasteiger partial charge is 0.396 e. The highest BCUT2D eigenvalue weighted by molar-refractivity contribution is 5.65. The van der Waals surface area contributed by atoms with E-state index in [1.165, 1.54) is 12.1 Å². The minimum atomic E-state index is -0.452. The van der Waals surface area contributed by atoms with Crippen molar-refractivity contribution >= 4 is 17.3 Å². The summed E-state index contributed by atoms with van der Waals surface area (Å²) >= 11 is 0. The van der Waals surface area contributed by atoms with Gasteiger partial charge in [-0.3, -0.25) is 15.1 Å². The number of ether oxygens (including phenoxy) is 1. The van der Waals surface area contributed by atoms with Gasteiger partial charge in [0, 0.05) is 48.5 Å². The van der Waals surface area contributed by atoms with Crippen LogP contribution in [0.5, 0.6) is 0 Å². The maximum atomic E-state index is 11.1. The molecule has 0 saturated carbocycles. The molecule has 2 aromatic heterocycles. The number of pyridine rings is 1. The van der Waals surface area contributed by atoms with E-state index in [-0.39, 0.29) is 12.3 Å². The molecule has 0 aliphatic heterocycles. The van der Waals surface area contributed by atoms with Crippen LogP contribution in [0.4, 0.5) is 17.3 Å². The average molecular weight is 438 g/mol. The lowest BCUT2D eigenvalue weighted by Crippen LogP contribution is -2.03. The van der Waals surface area contributed by atoms with Crippen LogP contribution in [0.3, 0.4) is 0 Å². The zero-order chi connectivity index (χ0) is 23.2. The van der Waals surface area contributed by atoms with Gasteiger partial charge in [0.05, 0.1) is 29.5 Å². The van der Waals surface area contributed by atoms with Crippen LogP contribution < -0.4 is 5.32 Å². The van der Waals surface area contributed by atoms with Crippen molar-refractivity contribution < 1.29 is 14.8 Å². The van der Waals surface area contributed by atoms with Crippen LogP contribution in [-0.4, -0.2) is 38.2 Å². The minimum absolute atomic E-state index is 0.0339. The highest BCUT2D eigenvalue weighted by atomic mass is 16.6. The predicted octanol–water partition coefficient (Wildman–Crippen LogP) is 4.67. The third-order valence-corrected chi connectivity index (χ3v) is 4.17. The van der Waals surface area contributed by atoms with Crippen LogP contribution in [0.15, 0.2) is 67.6 Å². The molecular formula is C23H27N5O4.